The van der Waals surface area contributed by atoms with E-state index in [-0.39, 0.29) is 11.8 Å². The van der Waals surface area contributed by atoms with Crippen molar-refractivity contribution in [3.8, 4) is 0 Å². The summed E-state index contributed by atoms with van der Waals surface area (Å²) in [6, 6.07) is 0. The third-order valence-corrected chi connectivity index (χ3v) is 6.34. The first-order valence-corrected chi connectivity index (χ1v) is 9.89. The SMILES string of the molecule is CC1=CC=CC2C(=O)N=C(CSC3CCC(CN(C)C)CC3)N=C12. The van der Waals surface area contributed by atoms with Crippen LogP contribution >= 0.6 is 11.8 Å². The number of thioether (sulfide) groups is 1. The zero-order chi connectivity index (χ0) is 17.1. The summed E-state index contributed by atoms with van der Waals surface area (Å²) in [5, 5.41) is 0.682. The average Bonchev–Trinajstić information content (AvgIpc) is 2.55. The molecule has 0 N–H and O–H groups in total. The molecule has 1 atom stereocenters. The van der Waals surface area contributed by atoms with E-state index in [1.54, 1.807) is 0 Å². The molecule has 1 saturated carbocycles. The third-order valence-electron chi connectivity index (χ3n) is 4.97. The Hall–Kier alpha value is -1.20. The van der Waals surface area contributed by atoms with E-state index in [0.29, 0.717) is 11.1 Å². The van der Waals surface area contributed by atoms with Crippen LogP contribution in [0, 0.1) is 11.8 Å². The van der Waals surface area contributed by atoms with Crippen molar-refractivity contribution in [1.82, 2.24) is 4.90 Å². The van der Waals surface area contributed by atoms with Crippen LogP contribution in [0.3, 0.4) is 0 Å². The van der Waals surface area contributed by atoms with E-state index < -0.39 is 0 Å². The van der Waals surface area contributed by atoms with Gasteiger partial charge in [0, 0.05) is 11.8 Å². The molecule has 1 unspecified atom stereocenters. The first kappa shape index (κ1) is 17.6. The summed E-state index contributed by atoms with van der Waals surface area (Å²) in [5.41, 5.74) is 1.97. The summed E-state index contributed by atoms with van der Waals surface area (Å²) in [4.78, 5) is 23.4. The Morgan fingerprint density at radius 3 is 2.67 bits per heavy atom. The lowest BCUT2D eigenvalue weighted by molar-refractivity contribution is -0.118. The number of carbonyl (C=O) groups excluding carboxylic acids is 1. The minimum atomic E-state index is -0.259. The van der Waals surface area contributed by atoms with Gasteiger partial charge < -0.3 is 4.90 Å². The number of hydrogen-bond acceptors (Lipinski definition) is 4. The summed E-state index contributed by atoms with van der Waals surface area (Å²) < 4.78 is 0. The normalized spacial score (nSPS) is 29.9. The molecule has 2 aliphatic carbocycles. The molecule has 0 aromatic heterocycles. The van der Waals surface area contributed by atoms with Gasteiger partial charge in [0.25, 0.3) is 5.91 Å². The molecule has 0 aromatic rings. The van der Waals surface area contributed by atoms with E-state index in [2.05, 4.69) is 29.0 Å². The van der Waals surface area contributed by atoms with Gasteiger partial charge in [0.05, 0.1) is 11.5 Å². The van der Waals surface area contributed by atoms with E-state index in [1.807, 2.05) is 36.9 Å². The molecule has 1 heterocycles. The quantitative estimate of drug-likeness (QED) is 0.767. The van der Waals surface area contributed by atoms with Gasteiger partial charge in [0.1, 0.15) is 11.8 Å². The average molecular weight is 346 g/mol. The third kappa shape index (κ3) is 4.25. The van der Waals surface area contributed by atoms with E-state index in [1.165, 1.54) is 32.2 Å². The first-order chi connectivity index (χ1) is 11.5. The number of amidine groups is 1. The Bertz CT molecular complexity index is 610. The van der Waals surface area contributed by atoms with E-state index in [0.717, 1.165) is 23.0 Å². The summed E-state index contributed by atoms with van der Waals surface area (Å²) in [6.45, 7) is 3.22. The van der Waals surface area contributed by atoms with Gasteiger partial charge in [0.2, 0.25) is 0 Å². The fraction of sp³-hybridized carbons (Fsp3) is 0.632. The zero-order valence-electron chi connectivity index (χ0n) is 14.9. The van der Waals surface area contributed by atoms with Crippen LogP contribution in [0.15, 0.2) is 33.8 Å². The topological polar surface area (TPSA) is 45.0 Å². The van der Waals surface area contributed by atoms with Crippen LogP contribution in [-0.4, -0.2) is 54.0 Å². The number of nitrogens with zero attached hydrogens (tertiary/aromatic N) is 3. The molecule has 1 aliphatic heterocycles. The van der Waals surface area contributed by atoms with Crippen molar-refractivity contribution >= 4 is 29.2 Å². The number of aliphatic imine (C=N–C) groups is 2. The van der Waals surface area contributed by atoms with Gasteiger partial charge in [0.15, 0.2) is 0 Å². The van der Waals surface area contributed by atoms with Crippen LogP contribution in [0.1, 0.15) is 32.6 Å². The van der Waals surface area contributed by atoms with E-state index >= 15 is 0 Å². The van der Waals surface area contributed by atoms with Crippen LogP contribution in [0.2, 0.25) is 0 Å². The highest BCUT2D eigenvalue weighted by molar-refractivity contribution is 8.00. The lowest BCUT2D eigenvalue weighted by atomic mass is 9.89. The van der Waals surface area contributed by atoms with Gasteiger partial charge in [-0.1, -0.05) is 18.2 Å². The Labute approximate surface area is 149 Å². The number of amides is 1. The van der Waals surface area contributed by atoms with Gasteiger partial charge in [-0.3, -0.25) is 4.79 Å². The highest BCUT2D eigenvalue weighted by atomic mass is 32.2. The summed E-state index contributed by atoms with van der Waals surface area (Å²) in [7, 11) is 4.31. The fourth-order valence-electron chi connectivity index (χ4n) is 3.71. The Balaban J connectivity index is 1.52. The van der Waals surface area contributed by atoms with Crippen molar-refractivity contribution in [3.63, 3.8) is 0 Å². The molecule has 1 amide bonds. The summed E-state index contributed by atoms with van der Waals surface area (Å²) in [5.74, 6) is 1.98. The number of fused-ring (bicyclic) bond motifs is 1. The largest absolute Gasteiger partial charge is 0.309 e. The second kappa shape index (κ2) is 7.79. The molecule has 0 spiro atoms. The molecule has 0 saturated heterocycles. The molecular weight excluding hydrogens is 318 g/mol. The standard InChI is InChI=1S/C19H27N3OS/c1-13-5-4-6-16-18(13)20-17(21-19(16)23)12-24-15-9-7-14(8-10-15)11-22(2)3/h4-6,14-16H,7-12H2,1-3H3. The molecule has 5 heteroatoms. The lowest BCUT2D eigenvalue weighted by Gasteiger charge is -2.30. The van der Waals surface area contributed by atoms with Gasteiger partial charge >= 0.3 is 0 Å². The molecule has 24 heavy (non-hydrogen) atoms. The highest BCUT2D eigenvalue weighted by Gasteiger charge is 2.29. The maximum absolute atomic E-state index is 12.2. The van der Waals surface area contributed by atoms with Crippen LogP contribution in [-0.2, 0) is 4.79 Å². The Kier molecular flexibility index (Phi) is 5.72. The lowest BCUT2D eigenvalue weighted by Crippen LogP contribution is -2.30. The molecule has 3 aliphatic rings. The van der Waals surface area contributed by atoms with Crippen molar-refractivity contribution in [2.24, 2.45) is 21.8 Å². The molecule has 0 radical (unpaired) electrons. The fourth-order valence-corrected chi connectivity index (χ4v) is 4.82. The highest BCUT2D eigenvalue weighted by Crippen LogP contribution is 2.32. The maximum Gasteiger partial charge on any atom is 0.260 e. The predicted octanol–water partition coefficient (Wildman–Crippen LogP) is 3.35. The molecule has 3 rings (SSSR count). The van der Waals surface area contributed by atoms with Crippen LogP contribution < -0.4 is 0 Å². The van der Waals surface area contributed by atoms with Crippen molar-refractivity contribution in [3.05, 3.63) is 23.8 Å². The summed E-state index contributed by atoms with van der Waals surface area (Å²) in [6.07, 6.45) is 11.0. The summed E-state index contributed by atoms with van der Waals surface area (Å²) >= 11 is 1.93. The molecular formula is C19H27N3OS. The van der Waals surface area contributed by atoms with Crippen LogP contribution in [0.25, 0.3) is 0 Å². The number of hydrogen-bond donors (Lipinski definition) is 0. The van der Waals surface area contributed by atoms with Crippen molar-refractivity contribution in [2.75, 3.05) is 26.4 Å². The van der Waals surface area contributed by atoms with Crippen LogP contribution in [0.4, 0.5) is 0 Å². The minimum absolute atomic E-state index is 0.0611. The molecule has 0 aromatic carbocycles. The van der Waals surface area contributed by atoms with E-state index in [9.17, 15) is 4.79 Å². The number of rotatable bonds is 5. The van der Waals surface area contributed by atoms with Crippen molar-refractivity contribution < 1.29 is 4.79 Å². The van der Waals surface area contributed by atoms with Gasteiger partial charge in [-0.2, -0.15) is 16.8 Å². The second-order valence-electron chi connectivity index (χ2n) is 7.29. The number of carbonyl (C=O) groups is 1. The number of allylic oxidation sites excluding steroid dienone is 3. The predicted molar refractivity (Wildman–Crippen MR) is 103 cm³/mol. The maximum atomic E-state index is 12.2. The minimum Gasteiger partial charge on any atom is -0.309 e. The monoisotopic (exact) mass is 345 g/mol. The molecule has 1 fully saturated rings. The molecule has 4 nitrogen and oxygen atoms in total. The van der Waals surface area contributed by atoms with E-state index in [4.69, 9.17) is 0 Å². The first-order valence-electron chi connectivity index (χ1n) is 8.84. The second-order valence-corrected chi connectivity index (χ2v) is 8.58. The van der Waals surface area contributed by atoms with Crippen LogP contribution in [0.5, 0.6) is 0 Å². The van der Waals surface area contributed by atoms with Gasteiger partial charge in [-0.05, 0) is 58.2 Å². The van der Waals surface area contributed by atoms with Gasteiger partial charge in [-0.25, -0.2) is 4.99 Å². The van der Waals surface area contributed by atoms with Crippen molar-refractivity contribution in [2.45, 2.75) is 37.9 Å². The Morgan fingerprint density at radius 2 is 1.96 bits per heavy atom. The van der Waals surface area contributed by atoms with Gasteiger partial charge in [-0.15, -0.1) is 0 Å². The Morgan fingerprint density at radius 1 is 1.21 bits per heavy atom. The molecule has 0 bridgehead atoms. The zero-order valence-corrected chi connectivity index (χ0v) is 15.7. The molecule has 130 valence electrons. The smallest absolute Gasteiger partial charge is 0.260 e. The van der Waals surface area contributed by atoms with Crippen molar-refractivity contribution in [1.29, 1.82) is 0 Å².